The number of rotatable bonds is 6. The number of halogens is 1. The Hall–Kier alpha value is -2.87. The molecule has 0 unspecified atom stereocenters. The van der Waals surface area contributed by atoms with E-state index < -0.39 is 0 Å². The fraction of sp³-hybridized carbons (Fsp3) is 0.250. The van der Waals surface area contributed by atoms with Crippen LogP contribution in [0.3, 0.4) is 0 Å². The molecule has 0 saturated carbocycles. The minimum Gasteiger partial charge on any atom is -0.495 e. The Morgan fingerprint density at radius 1 is 1.20 bits per heavy atom. The van der Waals surface area contributed by atoms with E-state index in [2.05, 4.69) is 20.6 Å². The Bertz CT molecular complexity index is 912. The number of aryl methyl sites for hydroxylation is 1. The lowest BCUT2D eigenvalue weighted by atomic mass is 10.2. The Labute approximate surface area is 148 Å². The van der Waals surface area contributed by atoms with E-state index in [-0.39, 0.29) is 12.3 Å². The summed E-state index contributed by atoms with van der Waals surface area (Å²) < 4.78 is 11.7. The van der Waals surface area contributed by atoms with Gasteiger partial charge in [0.1, 0.15) is 5.75 Å². The summed E-state index contributed by atoms with van der Waals surface area (Å²) in [6.45, 7) is 0. The number of fused-ring (bicyclic) bond motifs is 1. The number of carbonyl (C=O) groups is 1. The average Bonchev–Trinajstić information content (AvgIpc) is 3.02. The summed E-state index contributed by atoms with van der Waals surface area (Å²) >= 11 is 6.05. The fourth-order valence-corrected chi connectivity index (χ4v) is 2.53. The first kappa shape index (κ1) is 17.0. The van der Waals surface area contributed by atoms with Gasteiger partial charge in [-0.1, -0.05) is 11.6 Å². The van der Waals surface area contributed by atoms with Gasteiger partial charge in [0.2, 0.25) is 11.8 Å². The lowest BCUT2D eigenvalue weighted by Crippen LogP contribution is -2.13. The molecule has 3 rings (SSSR count). The van der Waals surface area contributed by atoms with Crippen molar-refractivity contribution >= 4 is 28.8 Å². The first-order chi connectivity index (χ1) is 12.1. The molecule has 1 amide bonds. The topological polar surface area (TPSA) is 90.6 Å². The molecule has 2 heterocycles. The second-order valence-electron chi connectivity index (χ2n) is 5.16. The third-order valence-electron chi connectivity index (χ3n) is 3.52. The van der Waals surface area contributed by atoms with Gasteiger partial charge < -0.3 is 14.8 Å². The highest BCUT2D eigenvalue weighted by Crippen LogP contribution is 2.27. The molecule has 25 heavy (non-hydrogen) atoms. The number of methoxy groups -OCH3 is 2. The molecule has 0 aliphatic heterocycles. The minimum absolute atomic E-state index is 0.166. The van der Waals surface area contributed by atoms with Gasteiger partial charge in [-0.05, 0) is 24.3 Å². The first-order valence-electron chi connectivity index (χ1n) is 7.49. The molecule has 1 aromatic carbocycles. The third kappa shape index (κ3) is 3.80. The minimum atomic E-state index is -0.166. The summed E-state index contributed by atoms with van der Waals surface area (Å²) in [5, 5.41) is 15.6. The van der Waals surface area contributed by atoms with Gasteiger partial charge in [0.25, 0.3) is 0 Å². The van der Waals surface area contributed by atoms with E-state index in [1.807, 2.05) is 0 Å². The number of benzene rings is 1. The van der Waals surface area contributed by atoms with Crippen LogP contribution < -0.4 is 14.8 Å². The van der Waals surface area contributed by atoms with Crippen molar-refractivity contribution in [1.82, 2.24) is 19.8 Å². The maximum atomic E-state index is 12.1. The summed E-state index contributed by atoms with van der Waals surface area (Å²) in [6.07, 6.45) is 0.611. The summed E-state index contributed by atoms with van der Waals surface area (Å²) in [5.41, 5.74) is 1.19. The van der Waals surface area contributed by atoms with Crippen LogP contribution in [0.2, 0.25) is 5.02 Å². The fourth-order valence-electron chi connectivity index (χ4n) is 2.27. The number of carbonyl (C=O) groups excluding carboxylic acids is 1. The van der Waals surface area contributed by atoms with Gasteiger partial charge in [-0.3, -0.25) is 4.79 Å². The molecule has 9 heteroatoms. The van der Waals surface area contributed by atoms with E-state index in [1.54, 1.807) is 34.8 Å². The number of hydrogen-bond acceptors (Lipinski definition) is 6. The lowest BCUT2D eigenvalue weighted by molar-refractivity contribution is -0.116. The van der Waals surface area contributed by atoms with Crippen molar-refractivity contribution in [3.8, 4) is 11.6 Å². The molecule has 1 N–H and O–H groups in total. The van der Waals surface area contributed by atoms with Crippen molar-refractivity contribution in [2.75, 3.05) is 19.5 Å². The van der Waals surface area contributed by atoms with Crippen LogP contribution in [0.25, 0.3) is 5.65 Å². The maximum absolute atomic E-state index is 12.1. The zero-order chi connectivity index (χ0) is 17.8. The zero-order valence-electron chi connectivity index (χ0n) is 13.7. The second-order valence-corrected chi connectivity index (χ2v) is 5.57. The van der Waals surface area contributed by atoms with Crippen LogP contribution in [-0.2, 0) is 11.2 Å². The van der Waals surface area contributed by atoms with Gasteiger partial charge in [-0.25, -0.2) is 0 Å². The van der Waals surface area contributed by atoms with Gasteiger partial charge in [0.15, 0.2) is 11.5 Å². The molecule has 0 aliphatic carbocycles. The maximum Gasteiger partial charge on any atom is 0.231 e. The van der Waals surface area contributed by atoms with Crippen molar-refractivity contribution in [2.24, 2.45) is 0 Å². The van der Waals surface area contributed by atoms with Gasteiger partial charge in [-0.15, -0.1) is 15.3 Å². The average molecular weight is 362 g/mol. The van der Waals surface area contributed by atoms with Crippen molar-refractivity contribution in [3.05, 3.63) is 41.2 Å². The van der Waals surface area contributed by atoms with Crippen LogP contribution in [-0.4, -0.2) is 39.9 Å². The smallest absolute Gasteiger partial charge is 0.231 e. The predicted octanol–water partition coefficient (Wildman–Crippen LogP) is 2.37. The van der Waals surface area contributed by atoms with E-state index in [4.69, 9.17) is 21.1 Å². The lowest BCUT2D eigenvalue weighted by Gasteiger charge is -2.08. The molecular formula is C16H16ClN5O3. The van der Waals surface area contributed by atoms with Crippen LogP contribution in [0.5, 0.6) is 11.6 Å². The van der Waals surface area contributed by atoms with Gasteiger partial charge in [-0.2, -0.15) is 4.52 Å². The number of nitrogens with zero attached hydrogens (tertiary/aromatic N) is 4. The van der Waals surface area contributed by atoms with Crippen molar-refractivity contribution in [3.63, 3.8) is 0 Å². The number of nitrogens with one attached hydrogen (secondary N) is 1. The molecule has 0 radical (unpaired) electrons. The van der Waals surface area contributed by atoms with Crippen LogP contribution in [0.4, 0.5) is 5.69 Å². The van der Waals surface area contributed by atoms with Crippen LogP contribution in [0, 0.1) is 0 Å². The molecule has 0 bridgehead atoms. The quantitative estimate of drug-likeness (QED) is 0.724. The molecular weight excluding hydrogens is 346 g/mol. The molecule has 0 fully saturated rings. The number of anilines is 1. The molecule has 0 atom stereocenters. The van der Waals surface area contributed by atoms with E-state index in [0.717, 1.165) is 0 Å². The normalized spacial score (nSPS) is 10.7. The third-order valence-corrected chi connectivity index (χ3v) is 3.82. The monoisotopic (exact) mass is 361 g/mol. The van der Waals surface area contributed by atoms with Crippen molar-refractivity contribution in [2.45, 2.75) is 12.8 Å². The van der Waals surface area contributed by atoms with Crippen LogP contribution >= 0.6 is 11.6 Å². The predicted molar refractivity (Wildman–Crippen MR) is 92.3 cm³/mol. The number of ether oxygens (including phenoxy) is 2. The summed E-state index contributed by atoms with van der Waals surface area (Å²) in [7, 11) is 3.07. The Morgan fingerprint density at radius 3 is 2.76 bits per heavy atom. The van der Waals surface area contributed by atoms with Gasteiger partial charge >= 0.3 is 0 Å². The summed E-state index contributed by atoms with van der Waals surface area (Å²) in [6, 6.07) is 8.51. The SMILES string of the molecule is COc1ccc2nnc(CCC(=O)Nc3ccc(OC)c(Cl)c3)n2n1. The Morgan fingerprint density at radius 2 is 2.04 bits per heavy atom. The van der Waals surface area contributed by atoms with Crippen molar-refractivity contribution in [1.29, 1.82) is 0 Å². The molecule has 0 saturated heterocycles. The molecule has 130 valence electrons. The highest BCUT2D eigenvalue weighted by Gasteiger charge is 2.11. The number of hydrogen-bond donors (Lipinski definition) is 1. The van der Waals surface area contributed by atoms with Gasteiger partial charge in [0.05, 0.1) is 19.2 Å². The van der Waals surface area contributed by atoms with Crippen LogP contribution in [0.1, 0.15) is 12.2 Å². The van der Waals surface area contributed by atoms with Crippen molar-refractivity contribution < 1.29 is 14.3 Å². The van der Waals surface area contributed by atoms with Crippen LogP contribution in [0.15, 0.2) is 30.3 Å². The first-order valence-corrected chi connectivity index (χ1v) is 7.87. The summed E-state index contributed by atoms with van der Waals surface area (Å²) in [4.78, 5) is 12.1. The Balaban J connectivity index is 1.65. The number of amides is 1. The van der Waals surface area contributed by atoms with E-state index in [0.29, 0.717) is 40.2 Å². The zero-order valence-corrected chi connectivity index (χ0v) is 14.4. The largest absolute Gasteiger partial charge is 0.495 e. The molecule has 2 aromatic heterocycles. The molecule has 0 aliphatic rings. The highest BCUT2D eigenvalue weighted by atomic mass is 35.5. The molecule has 8 nitrogen and oxygen atoms in total. The highest BCUT2D eigenvalue weighted by molar-refractivity contribution is 6.32. The molecule has 3 aromatic rings. The summed E-state index contributed by atoms with van der Waals surface area (Å²) in [5.74, 6) is 1.41. The van der Waals surface area contributed by atoms with Gasteiger partial charge in [0, 0.05) is 24.6 Å². The Kier molecular flexibility index (Phi) is 4.99. The van der Waals surface area contributed by atoms with E-state index in [1.165, 1.54) is 14.2 Å². The second kappa shape index (κ2) is 7.35. The van der Waals surface area contributed by atoms with E-state index >= 15 is 0 Å². The number of aromatic nitrogens is 4. The standard InChI is InChI=1S/C16H16ClN5O3/c1-24-12-4-3-10(9-11(12)17)18-15(23)7-5-13-19-20-14-6-8-16(25-2)21-22(13)14/h3-4,6,8-9H,5,7H2,1-2H3,(H,18,23). The molecule has 0 spiro atoms. The van der Waals surface area contributed by atoms with E-state index in [9.17, 15) is 4.79 Å².